The van der Waals surface area contributed by atoms with Crippen LogP contribution in [0.1, 0.15) is 5.56 Å². The van der Waals surface area contributed by atoms with Crippen molar-refractivity contribution in [1.29, 1.82) is 0 Å². The molecule has 5 nitrogen and oxygen atoms in total. The summed E-state index contributed by atoms with van der Waals surface area (Å²) in [6.45, 7) is 2.03. The van der Waals surface area contributed by atoms with Crippen molar-refractivity contribution in [3.63, 3.8) is 0 Å². The van der Waals surface area contributed by atoms with Crippen molar-refractivity contribution in [2.24, 2.45) is 0 Å². The monoisotopic (exact) mass is 248 g/mol. The predicted octanol–water partition coefficient (Wildman–Crippen LogP) is 1.92. The number of benzene rings is 1. The zero-order valence-corrected chi connectivity index (χ0v) is 10.4. The molecule has 2 aromatic rings. The summed E-state index contributed by atoms with van der Waals surface area (Å²) in [5, 5.41) is 0.528. The second-order valence-corrected chi connectivity index (χ2v) is 4.42. The Balaban J connectivity index is 2.26. The van der Waals surface area contributed by atoms with E-state index in [-0.39, 0.29) is 12.0 Å². The van der Waals surface area contributed by atoms with Gasteiger partial charge in [0.1, 0.15) is 0 Å². The predicted molar refractivity (Wildman–Crippen MR) is 66.1 cm³/mol. The normalized spacial score (nSPS) is 10.2. The first kappa shape index (κ1) is 11.7. The quantitative estimate of drug-likeness (QED) is 0.894. The number of aryl methyl sites for hydroxylation is 1. The van der Waals surface area contributed by atoms with Crippen LogP contribution in [-0.2, 0) is 0 Å². The van der Waals surface area contributed by atoms with Gasteiger partial charge < -0.3 is 10.5 Å². The van der Waals surface area contributed by atoms with Gasteiger partial charge in [-0.25, -0.2) is 0 Å². The van der Waals surface area contributed by atoms with Crippen molar-refractivity contribution in [3.05, 3.63) is 29.8 Å². The standard InChI is InChI=1S/C11H12N4OS/c1-7-4-3-5-8(6-7)17-11-14-9(12)13-10(15-11)16-2/h3-6H,1-2H3,(H2,12,13,14,15). The molecule has 2 N–H and O–H groups in total. The molecule has 0 unspecified atom stereocenters. The zero-order valence-electron chi connectivity index (χ0n) is 9.54. The molecule has 1 aromatic carbocycles. The third-order valence-electron chi connectivity index (χ3n) is 1.99. The highest BCUT2D eigenvalue weighted by Gasteiger charge is 2.06. The molecule has 1 aromatic heterocycles. The van der Waals surface area contributed by atoms with Crippen molar-refractivity contribution < 1.29 is 4.74 Å². The molecular formula is C11H12N4OS. The van der Waals surface area contributed by atoms with Gasteiger partial charge in [0, 0.05) is 4.90 Å². The lowest BCUT2D eigenvalue weighted by Gasteiger charge is -2.03. The Bertz CT molecular complexity index is 533. The average molecular weight is 248 g/mol. The van der Waals surface area contributed by atoms with Crippen LogP contribution < -0.4 is 10.5 Å². The van der Waals surface area contributed by atoms with E-state index in [4.69, 9.17) is 10.5 Å². The van der Waals surface area contributed by atoms with Crippen molar-refractivity contribution >= 4 is 17.7 Å². The number of ether oxygens (including phenoxy) is 1. The first-order chi connectivity index (χ1) is 8.17. The smallest absolute Gasteiger partial charge is 0.321 e. The Kier molecular flexibility index (Phi) is 3.43. The summed E-state index contributed by atoms with van der Waals surface area (Å²) in [7, 11) is 1.50. The molecule has 0 saturated heterocycles. The first-order valence-corrected chi connectivity index (χ1v) is 5.79. The maximum absolute atomic E-state index is 5.56. The Morgan fingerprint density at radius 3 is 2.76 bits per heavy atom. The number of hydrogen-bond acceptors (Lipinski definition) is 6. The van der Waals surface area contributed by atoms with E-state index in [1.807, 2.05) is 25.1 Å². The fourth-order valence-electron chi connectivity index (χ4n) is 1.27. The molecule has 0 radical (unpaired) electrons. The molecule has 0 spiro atoms. The van der Waals surface area contributed by atoms with Gasteiger partial charge in [0.15, 0.2) is 0 Å². The molecule has 17 heavy (non-hydrogen) atoms. The highest BCUT2D eigenvalue weighted by Crippen LogP contribution is 2.26. The molecule has 0 bridgehead atoms. The van der Waals surface area contributed by atoms with Crippen molar-refractivity contribution in [2.45, 2.75) is 17.0 Å². The van der Waals surface area contributed by atoms with Crippen LogP contribution in [0.2, 0.25) is 0 Å². The topological polar surface area (TPSA) is 73.9 Å². The van der Waals surface area contributed by atoms with Gasteiger partial charge in [0.05, 0.1) is 7.11 Å². The second kappa shape index (κ2) is 5.01. The van der Waals surface area contributed by atoms with E-state index in [0.717, 1.165) is 4.90 Å². The number of rotatable bonds is 3. The van der Waals surface area contributed by atoms with Gasteiger partial charge in [-0.1, -0.05) is 17.7 Å². The highest BCUT2D eigenvalue weighted by molar-refractivity contribution is 7.99. The van der Waals surface area contributed by atoms with Crippen LogP contribution in [0.25, 0.3) is 0 Å². The zero-order chi connectivity index (χ0) is 12.3. The fourth-order valence-corrected chi connectivity index (χ4v) is 2.14. The number of nitrogens with zero attached hydrogens (tertiary/aromatic N) is 3. The summed E-state index contributed by atoms with van der Waals surface area (Å²) in [6, 6.07) is 8.29. The van der Waals surface area contributed by atoms with E-state index >= 15 is 0 Å². The first-order valence-electron chi connectivity index (χ1n) is 4.97. The van der Waals surface area contributed by atoms with Crippen LogP contribution in [0, 0.1) is 6.92 Å². The van der Waals surface area contributed by atoms with E-state index in [1.54, 1.807) is 0 Å². The van der Waals surface area contributed by atoms with Gasteiger partial charge in [0.25, 0.3) is 0 Å². The maximum atomic E-state index is 5.56. The van der Waals surface area contributed by atoms with Gasteiger partial charge in [0.2, 0.25) is 11.1 Å². The molecule has 0 aliphatic rings. The molecule has 0 atom stereocenters. The fraction of sp³-hybridized carbons (Fsp3) is 0.182. The van der Waals surface area contributed by atoms with Gasteiger partial charge in [-0.15, -0.1) is 0 Å². The molecule has 6 heteroatoms. The summed E-state index contributed by atoms with van der Waals surface area (Å²) < 4.78 is 4.94. The molecule has 0 fully saturated rings. The van der Waals surface area contributed by atoms with Crippen molar-refractivity contribution in [2.75, 3.05) is 12.8 Å². The largest absolute Gasteiger partial charge is 0.467 e. The molecule has 88 valence electrons. The lowest BCUT2D eigenvalue weighted by molar-refractivity contribution is 0.374. The minimum Gasteiger partial charge on any atom is -0.467 e. The van der Waals surface area contributed by atoms with E-state index in [0.29, 0.717) is 5.16 Å². The number of nitrogens with two attached hydrogens (primary N) is 1. The van der Waals surface area contributed by atoms with Gasteiger partial charge in [-0.2, -0.15) is 15.0 Å². The Hall–Kier alpha value is -1.82. The number of anilines is 1. The minimum atomic E-state index is 0.159. The molecule has 0 aliphatic heterocycles. The highest BCUT2D eigenvalue weighted by atomic mass is 32.2. The summed E-state index contributed by atoms with van der Waals surface area (Å²) in [5.41, 5.74) is 6.75. The lowest BCUT2D eigenvalue weighted by Crippen LogP contribution is -2.01. The molecule has 0 aliphatic carbocycles. The summed E-state index contributed by atoms with van der Waals surface area (Å²) in [6.07, 6.45) is 0. The second-order valence-electron chi connectivity index (χ2n) is 3.38. The molecule has 1 heterocycles. The van der Waals surface area contributed by atoms with E-state index in [9.17, 15) is 0 Å². The lowest BCUT2D eigenvalue weighted by atomic mass is 10.2. The molecule has 2 rings (SSSR count). The third kappa shape index (κ3) is 3.07. The molecule has 0 saturated carbocycles. The summed E-state index contributed by atoms with van der Waals surface area (Å²) in [4.78, 5) is 13.0. The maximum Gasteiger partial charge on any atom is 0.321 e. The van der Waals surface area contributed by atoms with E-state index in [1.165, 1.54) is 24.4 Å². The van der Waals surface area contributed by atoms with Crippen LogP contribution in [0.5, 0.6) is 6.01 Å². The number of methoxy groups -OCH3 is 1. The number of hydrogen-bond donors (Lipinski definition) is 1. The van der Waals surface area contributed by atoms with Crippen LogP contribution in [0.4, 0.5) is 5.95 Å². The summed E-state index contributed by atoms with van der Waals surface area (Å²) >= 11 is 1.42. The van der Waals surface area contributed by atoms with Crippen LogP contribution in [-0.4, -0.2) is 22.1 Å². The Labute approximate surface area is 103 Å². The SMILES string of the molecule is COc1nc(N)nc(Sc2cccc(C)c2)n1. The number of aromatic nitrogens is 3. The minimum absolute atomic E-state index is 0.159. The Morgan fingerprint density at radius 2 is 2.06 bits per heavy atom. The van der Waals surface area contributed by atoms with Gasteiger partial charge in [-0.05, 0) is 30.8 Å². The number of nitrogen functional groups attached to an aromatic ring is 1. The van der Waals surface area contributed by atoms with E-state index in [2.05, 4.69) is 21.0 Å². The van der Waals surface area contributed by atoms with E-state index < -0.39 is 0 Å². The van der Waals surface area contributed by atoms with Crippen LogP contribution in [0.3, 0.4) is 0 Å². The van der Waals surface area contributed by atoms with Crippen molar-refractivity contribution in [1.82, 2.24) is 15.0 Å². The average Bonchev–Trinajstić information content (AvgIpc) is 2.28. The summed E-state index contributed by atoms with van der Waals surface area (Å²) in [5.74, 6) is 0.159. The van der Waals surface area contributed by atoms with Crippen LogP contribution in [0.15, 0.2) is 34.3 Å². The van der Waals surface area contributed by atoms with Crippen LogP contribution >= 0.6 is 11.8 Å². The van der Waals surface area contributed by atoms with Crippen molar-refractivity contribution in [3.8, 4) is 6.01 Å². The van der Waals surface area contributed by atoms with Gasteiger partial charge in [-0.3, -0.25) is 0 Å². The Morgan fingerprint density at radius 1 is 1.24 bits per heavy atom. The molecule has 0 amide bonds. The van der Waals surface area contributed by atoms with Gasteiger partial charge >= 0.3 is 6.01 Å². The third-order valence-corrected chi connectivity index (χ3v) is 2.85. The molecular weight excluding hydrogens is 236 g/mol.